The van der Waals surface area contributed by atoms with E-state index in [1.165, 1.54) is 0 Å². The first-order chi connectivity index (χ1) is 10.2. The van der Waals surface area contributed by atoms with Gasteiger partial charge in [0.05, 0.1) is 16.7 Å². The predicted octanol–water partition coefficient (Wildman–Crippen LogP) is 4.51. The Morgan fingerprint density at radius 1 is 0.952 bits per heavy atom. The summed E-state index contributed by atoms with van der Waals surface area (Å²) in [5.74, 6) is 0.714. The number of hydrogen-bond acceptors (Lipinski definition) is 2. The van der Waals surface area contributed by atoms with Crippen LogP contribution in [0.15, 0.2) is 54.6 Å². The molecule has 102 valence electrons. The SMILES string of the molecule is Cc1cc(-c2cccc(Cl)c2)nc2nc3ccccc3n12. The molecule has 3 nitrogen and oxygen atoms in total. The van der Waals surface area contributed by atoms with E-state index >= 15 is 0 Å². The molecule has 21 heavy (non-hydrogen) atoms. The van der Waals surface area contributed by atoms with Crippen molar-refractivity contribution in [2.45, 2.75) is 6.92 Å². The van der Waals surface area contributed by atoms with Crippen LogP contribution in [0.25, 0.3) is 28.1 Å². The highest BCUT2D eigenvalue weighted by atomic mass is 35.5. The third-order valence-corrected chi connectivity index (χ3v) is 3.82. The summed E-state index contributed by atoms with van der Waals surface area (Å²) in [4.78, 5) is 9.28. The Kier molecular flexibility index (Phi) is 2.69. The molecule has 0 radical (unpaired) electrons. The highest BCUT2D eigenvalue weighted by molar-refractivity contribution is 6.30. The minimum Gasteiger partial charge on any atom is -0.281 e. The van der Waals surface area contributed by atoms with Gasteiger partial charge in [0, 0.05) is 16.3 Å². The number of fused-ring (bicyclic) bond motifs is 3. The van der Waals surface area contributed by atoms with Gasteiger partial charge in [-0.15, -0.1) is 0 Å². The van der Waals surface area contributed by atoms with E-state index in [1.54, 1.807) is 0 Å². The van der Waals surface area contributed by atoms with Crippen LogP contribution in [-0.4, -0.2) is 14.4 Å². The van der Waals surface area contributed by atoms with Crippen LogP contribution in [-0.2, 0) is 0 Å². The van der Waals surface area contributed by atoms with Crippen LogP contribution in [0, 0.1) is 6.92 Å². The van der Waals surface area contributed by atoms with Crippen molar-refractivity contribution in [3.05, 3.63) is 65.3 Å². The van der Waals surface area contributed by atoms with Gasteiger partial charge in [0.15, 0.2) is 0 Å². The van der Waals surface area contributed by atoms with Gasteiger partial charge in [-0.3, -0.25) is 4.40 Å². The topological polar surface area (TPSA) is 30.2 Å². The van der Waals surface area contributed by atoms with Crippen LogP contribution < -0.4 is 0 Å². The second kappa shape index (κ2) is 4.57. The fourth-order valence-electron chi connectivity index (χ4n) is 2.63. The Bertz CT molecular complexity index is 972. The number of para-hydroxylation sites is 2. The molecule has 0 bridgehead atoms. The first-order valence-corrected chi connectivity index (χ1v) is 7.11. The molecule has 4 rings (SSSR count). The minimum absolute atomic E-state index is 0.709. The molecule has 2 aromatic carbocycles. The van der Waals surface area contributed by atoms with Gasteiger partial charge in [-0.05, 0) is 37.3 Å². The Morgan fingerprint density at radius 2 is 1.81 bits per heavy atom. The molecule has 0 aliphatic heterocycles. The Balaban J connectivity index is 2.03. The summed E-state index contributed by atoms with van der Waals surface area (Å²) in [7, 11) is 0. The van der Waals surface area contributed by atoms with E-state index in [2.05, 4.69) is 33.4 Å². The van der Waals surface area contributed by atoms with Gasteiger partial charge in [-0.2, -0.15) is 0 Å². The number of imidazole rings is 1. The summed E-state index contributed by atoms with van der Waals surface area (Å²) >= 11 is 6.07. The fraction of sp³-hybridized carbons (Fsp3) is 0.0588. The summed E-state index contributed by atoms with van der Waals surface area (Å²) < 4.78 is 2.07. The summed E-state index contributed by atoms with van der Waals surface area (Å²) in [5.41, 5.74) is 5.02. The average Bonchev–Trinajstić information content (AvgIpc) is 2.86. The van der Waals surface area contributed by atoms with Crippen LogP contribution in [0.2, 0.25) is 5.02 Å². The van der Waals surface area contributed by atoms with Crippen molar-refractivity contribution in [1.29, 1.82) is 0 Å². The van der Waals surface area contributed by atoms with Gasteiger partial charge in [0.1, 0.15) is 0 Å². The van der Waals surface area contributed by atoms with Gasteiger partial charge in [0.25, 0.3) is 0 Å². The first-order valence-electron chi connectivity index (χ1n) is 6.73. The number of aryl methyl sites for hydroxylation is 1. The maximum atomic E-state index is 6.07. The molecule has 0 amide bonds. The van der Waals surface area contributed by atoms with E-state index in [9.17, 15) is 0 Å². The number of nitrogens with zero attached hydrogens (tertiary/aromatic N) is 3. The molecule has 2 aromatic heterocycles. The maximum absolute atomic E-state index is 6.07. The Labute approximate surface area is 126 Å². The van der Waals surface area contributed by atoms with Crippen molar-refractivity contribution in [2.24, 2.45) is 0 Å². The number of rotatable bonds is 1. The number of halogens is 1. The lowest BCUT2D eigenvalue weighted by Crippen LogP contribution is -1.96. The molecule has 2 heterocycles. The van der Waals surface area contributed by atoms with Gasteiger partial charge >= 0.3 is 0 Å². The van der Waals surface area contributed by atoms with E-state index in [0.29, 0.717) is 10.8 Å². The summed E-state index contributed by atoms with van der Waals surface area (Å²) in [6.07, 6.45) is 0. The van der Waals surface area contributed by atoms with Gasteiger partial charge < -0.3 is 0 Å². The van der Waals surface area contributed by atoms with E-state index in [1.807, 2.05) is 42.5 Å². The zero-order valence-electron chi connectivity index (χ0n) is 11.4. The number of hydrogen-bond donors (Lipinski definition) is 0. The first kappa shape index (κ1) is 12.4. The quantitative estimate of drug-likeness (QED) is 0.517. The summed E-state index contributed by atoms with van der Waals surface area (Å²) in [6, 6.07) is 17.8. The minimum atomic E-state index is 0.709. The summed E-state index contributed by atoms with van der Waals surface area (Å²) in [5, 5.41) is 0.709. The fourth-order valence-corrected chi connectivity index (χ4v) is 2.82. The Hall–Kier alpha value is -2.39. The lowest BCUT2D eigenvalue weighted by molar-refractivity contribution is 1.07. The molecule has 0 spiro atoms. The normalized spacial score (nSPS) is 11.3. The Morgan fingerprint density at radius 3 is 2.67 bits per heavy atom. The molecule has 4 aromatic rings. The molecule has 0 unspecified atom stereocenters. The van der Waals surface area contributed by atoms with Crippen LogP contribution in [0.5, 0.6) is 0 Å². The van der Waals surface area contributed by atoms with Crippen molar-refractivity contribution in [1.82, 2.24) is 14.4 Å². The molecule has 0 atom stereocenters. The van der Waals surface area contributed by atoms with E-state index in [4.69, 9.17) is 11.6 Å². The zero-order valence-corrected chi connectivity index (χ0v) is 12.2. The molecule has 0 fully saturated rings. The van der Waals surface area contributed by atoms with E-state index in [-0.39, 0.29) is 0 Å². The van der Waals surface area contributed by atoms with Crippen LogP contribution in [0.1, 0.15) is 5.69 Å². The van der Waals surface area contributed by atoms with Crippen molar-refractivity contribution in [2.75, 3.05) is 0 Å². The van der Waals surface area contributed by atoms with Gasteiger partial charge in [-0.25, -0.2) is 9.97 Å². The van der Waals surface area contributed by atoms with Gasteiger partial charge in [0.2, 0.25) is 5.78 Å². The highest BCUT2D eigenvalue weighted by Gasteiger charge is 2.10. The monoisotopic (exact) mass is 293 g/mol. The van der Waals surface area contributed by atoms with Crippen LogP contribution >= 0.6 is 11.6 Å². The van der Waals surface area contributed by atoms with Crippen LogP contribution in [0.4, 0.5) is 0 Å². The highest BCUT2D eigenvalue weighted by Crippen LogP contribution is 2.24. The largest absolute Gasteiger partial charge is 0.281 e. The van der Waals surface area contributed by atoms with Crippen molar-refractivity contribution in [3.8, 4) is 11.3 Å². The van der Waals surface area contributed by atoms with Crippen LogP contribution in [0.3, 0.4) is 0 Å². The summed E-state index contributed by atoms with van der Waals surface area (Å²) in [6.45, 7) is 2.07. The standard InChI is InChI=1S/C17H12ClN3/c1-11-9-15(12-5-4-6-13(18)10-12)20-17-19-14-7-2-3-8-16(14)21(11)17/h2-10H,1H3. The molecular weight excluding hydrogens is 282 g/mol. The van der Waals surface area contributed by atoms with E-state index < -0.39 is 0 Å². The molecular formula is C17H12ClN3. The average molecular weight is 294 g/mol. The second-order valence-electron chi connectivity index (χ2n) is 5.03. The molecule has 0 saturated heterocycles. The lowest BCUT2D eigenvalue weighted by atomic mass is 10.1. The predicted molar refractivity (Wildman–Crippen MR) is 85.7 cm³/mol. The molecule has 0 aliphatic carbocycles. The van der Waals surface area contributed by atoms with Gasteiger partial charge in [-0.1, -0.05) is 35.9 Å². The number of benzene rings is 2. The smallest absolute Gasteiger partial charge is 0.235 e. The van der Waals surface area contributed by atoms with Crippen molar-refractivity contribution in [3.63, 3.8) is 0 Å². The lowest BCUT2D eigenvalue weighted by Gasteiger charge is -2.06. The second-order valence-corrected chi connectivity index (χ2v) is 5.47. The third-order valence-electron chi connectivity index (χ3n) is 3.58. The molecule has 0 N–H and O–H groups in total. The molecule has 0 saturated carbocycles. The van der Waals surface area contributed by atoms with E-state index in [0.717, 1.165) is 28.0 Å². The molecule has 0 aliphatic rings. The van der Waals surface area contributed by atoms with Crippen molar-refractivity contribution >= 4 is 28.4 Å². The molecule has 4 heteroatoms. The zero-order chi connectivity index (χ0) is 14.4. The number of aromatic nitrogens is 3. The van der Waals surface area contributed by atoms with Crippen molar-refractivity contribution < 1.29 is 0 Å². The maximum Gasteiger partial charge on any atom is 0.235 e. The third kappa shape index (κ3) is 1.98.